The van der Waals surface area contributed by atoms with Crippen LogP contribution in [0.25, 0.3) is 0 Å². The molecule has 1 fully saturated rings. The van der Waals surface area contributed by atoms with Crippen molar-refractivity contribution in [2.24, 2.45) is 17.8 Å². The molecule has 1 aliphatic rings. The van der Waals surface area contributed by atoms with Crippen molar-refractivity contribution in [3.8, 4) is 0 Å². The van der Waals surface area contributed by atoms with Gasteiger partial charge in [0, 0.05) is 11.1 Å². The van der Waals surface area contributed by atoms with Crippen LogP contribution < -0.4 is 0 Å². The van der Waals surface area contributed by atoms with Crippen LogP contribution in [0.5, 0.6) is 0 Å². The van der Waals surface area contributed by atoms with E-state index in [1.165, 1.54) is 44.9 Å². The normalized spacial score (nSPS) is 19.4. The van der Waals surface area contributed by atoms with E-state index in [1.54, 1.807) is 0 Å². The summed E-state index contributed by atoms with van der Waals surface area (Å²) in [7, 11) is 2.25. The summed E-state index contributed by atoms with van der Waals surface area (Å²) in [4.78, 5) is 49.0. The number of piperidine rings is 1. The van der Waals surface area contributed by atoms with Crippen LogP contribution in [0.2, 0.25) is 0 Å². The van der Waals surface area contributed by atoms with Gasteiger partial charge in [-0.2, -0.15) is 0 Å². The molecule has 1 saturated heterocycles. The number of hydrogen-bond acceptors (Lipinski definition) is 6. The van der Waals surface area contributed by atoms with Crippen LogP contribution in [0.3, 0.4) is 0 Å². The number of likely N-dealkylation sites (tertiary alicyclic amines) is 1. The Kier molecular flexibility index (Phi) is 15.2. The molecule has 0 aromatic heterocycles. The molecule has 3 atom stereocenters. The summed E-state index contributed by atoms with van der Waals surface area (Å²) in [5.74, 6) is -7.85. The zero-order valence-electron chi connectivity index (χ0n) is 25.7. The monoisotopic (exact) mass is 569 g/mol. The highest BCUT2D eigenvalue weighted by atomic mass is 16.5. The number of esters is 1. The van der Waals surface area contributed by atoms with E-state index in [9.17, 15) is 29.4 Å². The maximum Gasteiger partial charge on any atom is 0.307 e. The summed E-state index contributed by atoms with van der Waals surface area (Å²) in [5.41, 5.74) is 0.491. The summed E-state index contributed by atoms with van der Waals surface area (Å²) in [6, 6.07) is 0. The number of aliphatic carboxylic acids is 3. The standard InChI is InChI=1S/C31H55NO8/c1-7-15-23(40-27(35)19-25(29(38)39)24(28(36)37)18-26(33)34)17-14-12-10-8-9-11-13-16-22-20-30(2,3)32(6)31(4,5)21-22/h22-25H,7-21H2,1-6H3,(H,33,34)(H,36,37)(H,38,39). The first-order valence-corrected chi connectivity index (χ1v) is 15.2. The quantitative estimate of drug-likeness (QED) is 0.112. The van der Waals surface area contributed by atoms with Crippen molar-refractivity contribution < 1.29 is 39.2 Å². The Morgan fingerprint density at radius 3 is 1.73 bits per heavy atom. The Morgan fingerprint density at radius 1 is 0.775 bits per heavy atom. The van der Waals surface area contributed by atoms with Gasteiger partial charge < -0.3 is 20.1 Å². The summed E-state index contributed by atoms with van der Waals surface area (Å²) in [6.07, 6.45) is 12.1. The van der Waals surface area contributed by atoms with Crippen molar-refractivity contribution in [3.63, 3.8) is 0 Å². The fourth-order valence-electron chi connectivity index (χ4n) is 6.46. The molecule has 9 heteroatoms. The fraction of sp³-hybridized carbons (Fsp3) is 0.871. The lowest BCUT2D eigenvalue weighted by Gasteiger charge is -2.54. The average Bonchev–Trinajstić information content (AvgIpc) is 2.82. The molecule has 3 unspecified atom stereocenters. The summed E-state index contributed by atoms with van der Waals surface area (Å²) in [6.45, 7) is 11.4. The second kappa shape index (κ2) is 16.9. The molecule has 1 rings (SSSR count). The Labute approximate surface area is 241 Å². The maximum atomic E-state index is 12.5. The van der Waals surface area contributed by atoms with Crippen molar-refractivity contribution >= 4 is 23.9 Å². The molecular formula is C31H55NO8. The third-order valence-electron chi connectivity index (χ3n) is 8.84. The Hall–Kier alpha value is -2.16. The van der Waals surface area contributed by atoms with Gasteiger partial charge in [-0.15, -0.1) is 0 Å². The second-order valence-electron chi connectivity index (χ2n) is 13.1. The van der Waals surface area contributed by atoms with E-state index in [1.807, 2.05) is 6.92 Å². The Bertz CT molecular complexity index is 806. The Balaban J connectivity index is 2.34. The molecule has 0 aliphatic carbocycles. The zero-order valence-corrected chi connectivity index (χ0v) is 25.7. The topological polar surface area (TPSA) is 141 Å². The van der Waals surface area contributed by atoms with Crippen LogP contribution >= 0.6 is 0 Å². The van der Waals surface area contributed by atoms with E-state index in [0.29, 0.717) is 12.8 Å². The molecule has 1 heterocycles. The molecule has 0 bridgehead atoms. The van der Waals surface area contributed by atoms with Gasteiger partial charge in [0.1, 0.15) is 6.10 Å². The van der Waals surface area contributed by atoms with Crippen molar-refractivity contribution in [1.29, 1.82) is 0 Å². The highest BCUT2D eigenvalue weighted by Gasteiger charge is 2.42. The zero-order chi connectivity index (χ0) is 30.5. The van der Waals surface area contributed by atoms with E-state index < -0.39 is 48.6 Å². The minimum absolute atomic E-state index is 0.246. The number of nitrogens with zero attached hydrogens (tertiary/aromatic N) is 1. The molecule has 1 aliphatic heterocycles. The summed E-state index contributed by atoms with van der Waals surface area (Å²) in [5, 5.41) is 27.6. The van der Waals surface area contributed by atoms with Crippen molar-refractivity contribution in [2.75, 3.05) is 7.05 Å². The molecule has 40 heavy (non-hydrogen) atoms. The molecule has 3 N–H and O–H groups in total. The molecule has 0 radical (unpaired) electrons. The SMILES string of the molecule is CCCC(CCCCCCCCCC1CC(C)(C)N(C)C(C)(C)C1)OC(=O)CC(C(=O)O)C(CC(=O)O)C(=O)O. The first-order chi connectivity index (χ1) is 18.6. The number of rotatable bonds is 20. The number of ether oxygens (including phenoxy) is 1. The van der Waals surface area contributed by atoms with E-state index >= 15 is 0 Å². The van der Waals surface area contributed by atoms with Crippen LogP contribution in [0.4, 0.5) is 0 Å². The second-order valence-corrected chi connectivity index (χ2v) is 13.1. The van der Waals surface area contributed by atoms with Crippen LogP contribution in [-0.4, -0.2) is 68.3 Å². The first-order valence-electron chi connectivity index (χ1n) is 15.2. The van der Waals surface area contributed by atoms with Gasteiger partial charge >= 0.3 is 23.9 Å². The third kappa shape index (κ3) is 12.6. The fourth-order valence-corrected chi connectivity index (χ4v) is 6.46. The van der Waals surface area contributed by atoms with Gasteiger partial charge in [0.25, 0.3) is 0 Å². The van der Waals surface area contributed by atoms with Crippen LogP contribution in [-0.2, 0) is 23.9 Å². The predicted molar refractivity (Wildman–Crippen MR) is 154 cm³/mol. The maximum absolute atomic E-state index is 12.5. The molecule has 0 spiro atoms. The van der Waals surface area contributed by atoms with E-state index in [4.69, 9.17) is 9.84 Å². The minimum atomic E-state index is -1.70. The highest BCUT2D eigenvalue weighted by Crippen LogP contribution is 2.41. The predicted octanol–water partition coefficient (Wildman–Crippen LogP) is 6.37. The molecule has 0 aromatic carbocycles. The number of unbranched alkanes of at least 4 members (excludes halogenated alkanes) is 6. The number of carboxylic acids is 3. The average molecular weight is 570 g/mol. The van der Waals surface area contributed by atoms with Gasteiger partial charge in [-0.25, -0.2) is 0 Å². The van der Waals surface area contributed by atoms with Gasteiger partial charge in [0.2, 0.25) is 0 Å². The van der Waals surface area contributed by atoms with E-state index in [2.05, 4.69) is 39.6 Å². The highest BCUT2D eigenvalue weighted by molar-refractivity contribution is 5.86. The van der Waals surface area contributed by atoms with E-state index in [-0.39, 0.29) is 17.2 Å². The van der Waals surface area contributed by atoms with Crippen LogP contribution in [0.1, 0.15) is 131 Å². The van der Waals surface area contributed by atoms with Crippen molar-refractivity contribution in [3.05, 3.63) is 0 Å². The van der Waals surface area contributed by atoms with Gasteiger partial charge in [-0.3, -0.25) is 24.1 Å². The van der Waals surface area contributed by atoms with Crippen LogP contribution in [0.15, 0.2) is 0 Å². The largest absolute Gasteiger partial charge is 0.481 e. The van der Waals surface area contributed by atoms with Crippen molar-refractivity contribution in [2.45, 2.75) is 148 Å². The smallest absolute Gasteiger partial charge is 0.307 e. The summed E-state index contributed by atoms with van der Waals surface area (Å²) < 4.78 is 5.51. The molecule has 0 aromatic rings. The van der Waals surface area contributed by atoms with Gasteiger partial charge in [-0.05, 0) is 72.8 Å². The lowest BCUT2D eigenvalue weighted by molar-refractivity contribution is -0.163. The lowest BCUT2D eigenvalue weighted by Crippen LogP contribution is -2.58. The van der Waals surface area contributed by atoms with E-state index in [0.717, 1.165) is 31.6 Å². The minimum Gasteiger partial charge on any atom is -0.481 e. The number of hydrogen-bond donors (Lipinski definition) is 3. The summed E-state index contributed by atoms with van der Waals surface area (Å²) >= 11 is 0. The van der Waals surface area contributed by atoms with Crippen molar-refractivity contribution in [1.82, 2.24) is 4.90 Å². The Morgan fingerprint density at radius 2 is 1.25 bits per heavy atom. The third-order valence-corrected chi connectivity index (χ3v) is 8.84. The molecule has 9 nitrogen and oxygen atoms in total. The number of carbonyl (C=O) groups excluding carboxylic acids is 1. The number of carbonyl (C=O) groups is 4. The molecule has 0 amide bonds. The molecule has 232 valence electrons. The van der Waals surface area contributed by atoms with Gasteiger partial charge in [0.05, 0.1) is 24.7 Å². The molecule has 0 saturated carbocycles. The first kappa shape index (κ1) is 35.9. The van der Waals surface area contributed by atoms with Gasteiger partial charge in [-0.1, -0.05) is 58.3 Å². The number of carboxylic acid groups (broad SMARTS) is 3. The van der Waals surface area contributed by atoms with Crippen LogP contribution in [0, 0.1) is 17.8 Å². The molecular weight excluding hydrogens is 514 g/mol. The van der Waals surface area contributed by atoms with Gasteiger partial charge in [0.15, 0.2) is 0 Å². The lowest BCUT2D eigenvalue weighted by atomic mass is 9.72.